The normalized spacial score (nSPS) is 12.6. The average Bonchev–Trinajstić information content (AvgIpc) is 3.07. The molecule has 0 unspecified atom stereocenters. The Morgan fingerprint density at radius 3 is 2.54 bits per heavy atom. The molecule has 1 amide bonds. The molecule has 0 bridgehead atoms. The number of ether oxygens (including phenoxy) is 2. The van der Waals surface area contributed by atoms with Gasteiger partial charge in [0.15, 0.2) is 11.5 Å². The first-order valence-electron chi connectivity index (χ1n) is 7.92. The fraction of sp³-hybridized carbons (Fsp3) is 0.316. The van der Waals surface area contributed by atoms with Crippen molar-refractivity contribution in [2.24, 2.45) is 0 Å². The minimum absolute atomic E-state index is 0.110. The summed E-state index contributed by atoms with van der Waals surface area (Å²) in [6, 6.07) is 10.0. The Morgan fingerprint density at radius 2 is 1.79 bits per heavy atom. The van der Waals surface area contributed by atoms with E-state index in [4.69, 9.17) is 9.47 Å². The molecule has 2 aromatic carbocycles. The quantitative estimate of drug-likeness (QED) is 0.726. The largest absolute Gasteiger partial charge is 0.493 e. The molecule has 0 saturated heterocycles. The van der Waals surface area contributed by atoms with Crippen molar-refractivity contribution in [3.8, 4) is 11.5 Å². The molecular weight excluding hydrogens is 417 g/mol. The molecule has 4 nitrogen and oxygen atoms in total. The molecule has 0 atom stereocenters. The maximum Gasteiger partial charge on any atom is 0.252 e. The van der Waals surface area contributed by atoms with Gasteiger partial charge >= 0.3 is 0 Å². The lowest BCUT2D eigenvalue weighted by Gasteiger charge is -2.12. The summed E-state index contributed by atoms with van der Waals surface area (Å²) in [5.74, 6) is 1.07. The third-order valence-electron chi connectivity index (χ3n) is 4.33. The highest BCUT2D eigenvalue weighted by molar-refractivity contribution is 14.1. The molecule has 0 saturated carbocycles. The van der Waals surface area contributed by atoms with Crippen LogP contribution in [0.5, 0.6) is 11.5 Å². The van der Waals surface area contributed by atoms with E-state index in [1.807, 2.05) is 6.07 Å². The van der Waals surface area contributed by atoms with E-state index in [2.05, 4.69) is 46.1 Å². The van der Waals surface area contributed by atoms with Crippen molar-refractivity contribution in [2.45, 2.75) is 25.8 Å². The highest BCUT2D eigenvalue weighted by Crippen LogP contribution is 2.31. The van der Waals surface area contributed by atoms with Gasteiger partial charge in [0.25, 0.3) is 5.91 Å². The minimum atomic E-state index is -0.110. The molecule has 1 aliphatic rings. The number of nitrogens with one attached hydrogen (secondary N) is 1. The lowest BCUT2D eigenvalue weighted by atomic mass is 10.1. The molecule has 1 aliphatic carbocycles. The highest BCUT2D eigenvalue weighted by atomic mass is 127. The van der Waals surface area contributed by atoms with Gasteiger partial charge in [-0.15, -0.1) is 0 Å². The number of carbonyl (C=O) groups is 1. The minimum Gasteiger partial charge on any atom is -0.493 e. The second kappa shape index (κ2) is 7.42. The van der Waals surface area contributed by atoms with Crippen LogP contribution in [0.4, 0.5) is 0 Å². The predicted molar refractivity (Wildman–Crippen MR) is 102 cm³/mol. The van der Waals surface area contributed by atoms with Crippen LogP contribution >= 0.6 is 22.6 Å². The molecular formula is C19H20INO3. The van der Waals surface area contributed by atoms with Crippen LogP contribution in [0.2, 0.25) is 0 Å². The number of hydrogen-bond acceptors (Lipinski definition) is 3. The number of aryl methyl sites for hydroxylation is 2. The molecule has 0 heterocycles. The van der Waals surface area contributed by atoms with Crippen molar-refractivity contribution in [1.29, 1.82) is 0 Å². The van der Waals surface area contributed by atoms with Crippen LogP contribution in [0.3, 0.4) is 0 Å². The van der Waals surface area contributed by atoms with Gasteiger partial charge < -0.3 is 14.8 Å². The van der Waals surface area contributed by atoms with E-state index in [0.29, 0.717) is 23.6 Å². The molecule has 0 aromatic heterocycles. The Kier molecular flexibility index (Phi) is 5.28. The topological polar surface area (TPSA) is 47.6 Å². The SMILES string of the molecule is COc1cc(I)c(C(=O)NCc2ccc3c(c2)CCC3)cc1OC. The number of fused-ring (bicyclic) bond motifs is 1. The molecule has 5 heteroatoms. The Morgan fingerprint density at radius 1 is 1.08 bits per heavy atom. The van der Waals surface area contributed by atoms with E-state index >= 15 is 0 Å². The standard InChI is InChI=1S/C19H20INO3/c1-23-17-9-15(16(20)10-18(17)24-2)19(22)21-11-12-6-7-13-4-3-5-14(13)8-12/h6-10H,3-5,11H2,1-2H3,(H,21,22). The Bertz CT molecular complexity index is 773. The Balaban J connectivity index is 1.73. The smallest absolute Gasteiger partial charge is 0.252 e. The van der Waals surface area contributed by atoms with Gasteiger partial charge in [0, 0.05) is 10.1 Å². The van der Waals surface area contributed by atoms with E-state index in [0.717, 1.165) is 15.6 Å². The Hall–Kier alpha value is -1.76. The van der Waals surface area contributed by atoms with Crippen LogP contribution in [0.1, 0.15) is 33.5 Å². The predicted octanol–water partition coefficient (Wildman–Crippen LogP) is 3.73. The van der Waals surface area contributed by atoms with Gasteiger partial charge in [-0.05, 0) is 70.7 Å². The summed E-state index contributed by atoms with van der Waals surface area (Å²) >= 11 is 2.14. The summed E-state index contributed by atoms with van der Waals surface area (Å²) in [7, 11) is 3.15. The third kappa shape index (κ3) is 3.50. The van der Waals surface area contributed by atoms with Crippen molar-refractivity contribution in [3.05, 3.63) is 56.2 Å². The monoisotopic (exact) mass is 437 g/mol. The number of carbonyl (C=O) groups excluding carboxylic acids is 1. The summed E-state index contributed by atoms with van der Waals surface area (Å²) in [4.78, 5) is 12.5. The first kappa shape index (κ1) is 17.1. The number of rotatable bonds is 5. The van der Waals surface area contributed by atoms with Crippen LogP contribution in [0, 0.1) is 3.57 Å². The van der Waals surface area contributed by atoms with E-state index < -0.39 is 0 Å². The van der Waals surface area contributed by atoms with Crippen LogP contribution in [0.25, 0.3) is 0 Å². The molecule has 0 fully saturated rings. The highest BCUT2D eigenvalue weighted by Gasteiger charge is 2.16. The molecule has 0 spiro atoms. The second-order valence-corrected chi connectivity index (χ2v) is 6.99. The number of hydrogen-bond donors (Lipinski definition) is 1. The van der Waals surface area contributed by atoms with Crippen molar-refractivity contribution in [3.63, 3.8) is 0 Å². The van der Waals surface area contributed by atoms with Gasteiger partial charge in [0.2, 0.25) is 0 Å². The van der Waals surface area contributed by atoms with Crippen LogP contribution in [0.15, 0.2) is 30.3 Å². The molecule has 2 aromatic rings. The zero-order chi connectivity index (χ0) is 17.1. The van der Waals surface area contributed by atoms with Crippen molar-refractivity contribution in [1.82, 2.24) is 5.32 Å². The average molecular weight is 437 g/mol. The number of halogens is 1. The maximum absolute atomic E-state index is 12.5. The second-order valence-electron chi connectivity index (χ2n) is 5.83. The first-order valence-corrected chi connectivity index (χ1v) is 9.00. The summed E-state index contributed by atoms with van der Waals surface area (Å²) in [6.45, 7) is 0.524. The fourth-order valence-corrected chi connectivity index (χ4v) is 3.72. The van der Waals surface area contributed by atoms with E-state index in [1.54, 1.807) is 20.3 Å². The lowest BCUT2D eigenvalue weighted by molar-refractivity contribution is 0.0949. The maximum atomic E-state index is 12.5. The number of methoxy groups -OCH3 is 2. The molecule has 1 N–H and O–H groups in total. The van der Waals surface area contributed by atoms with Gasteiger partial charge in [-0.1, -0.05) is 18.2 Å². The van der Waals surface area contributed by atoms with Crippen LogP contribution in [-0.2, 0) is 19.4 Å². The number of benzene rings is 2. The third-order valence-corrected chi connectivity index (χ3v) is 5.23. The molecule has 3 rings (SSSR count). The first-order chi connectivity index (χ1) is 11.6. The van der Waals surface area contributed by atoms with Crippen LogP contribution < -0.4 is 14.8 Å². The van der Waals surface area contributed by atoms with Crippen molar-refractivity contribution >= 4 is 28.5 Å². The molecule has 24 heavy (non-hydrogen) atoms. The molecule has 0 aliphatic heterocycles. The summed E-state index contributed by atoms with van der Waals surface area (Å²) in [6.07, 6.45) is 3.55. The van der Waals surface area contributed by atoms with E-state index in [9.17, 15) is 4.79 Å². The van der Waals surface area contributed by atoms with Crippen molar-refractivity contribution < 1.29 is 14.3 Å². The lowest BCUT2D eigenvalue weighted by Crippen LogP contribution is -2.23. The summed E-state index contributed by atoms with van der Waals surface area (Å²) < 4.78 is 11.4. The van der Waals surface area contributed by atoms with Gasteiger partial charge in [0.05, 0.1) is 19.8 Å². The van der Waals surface area contributed by atoms with Gasteiger partial charge in [-0.25, -0.2) is 0 Å². The zero-order valence-electron chi connectivity index (χ0n) is 13.8. The van der Waals surface area contributed by atoms with Gasteiger partial charge in [0.1, 0.15) is 0 Å². The zero-order valence-corrected chi connectivity index (χ0v) is 16.0. The van der Waals surface area contributed by atoms with Crippen molar-refractivity contribution in [2.75, 3.05) is 14.2 Å². The van der Waals surface area contributed by atoms with Gasteiger partial charge in [-0.2, -0.15) is 0 Å². The van der Waals surface area contributed by atoms with E-state index in [1.165, 1.54) is 24.0 Å². The van der Waals surface area contributed by atoms with E-state index in [-0.39, 0.29) is 5.91 Å². The molecule has 126 valence electrons. The molecule has 0 radical (unpaired) electrons. The summed E-state index contributed by atoms with van der Waals surface area (Å²) in [5.41, 5.74) is 4.59. The number of amides is 1. The van der Waals surface area contributed by atoms with Crippen LogP contribution in [-0.4, -0.2) is 20.1 Å². The summed E-state index contributed by atoms with van der Waals surface area (Å²) in [5, 5.41) is 3.00. The van der Waals surface area contributed by atoms with Gasteiger partial charge in [-0.3, -0.25) is 4.79 Å². The Labute approximate surface area is 155 Å². The fourth-order valence-electron chi connectivity index (χ4n) is 3.04.